The van der Waals surface area contributed by atoms with Crippen LogP contribution in [0, 0.1) is 5.92 Å². The van der Waals surface area contributed by atoms with Crippen LogP contribution >= 0.6 is 23.1 Å². The summed E-state index contributed by atoms with van der Waals surface area (Å²) in [6, 6.07) is 2.18. The van der Waals surface area contributed by atoms with Gasteiger partial charge in [0, 0.05) is 11.3 Å². The number of ether oxygens (including phenoxy) is 1. The Kier molecular flexibility index (Phi) is 3.69. The quantitative estimate of drug-likeness (QED) is 0.801. The minimum Gasteiger partial charge on any atom is -0.465 e. The lowest BCUT2D eigenvalue weighted by Crippen LogP contribution is -2.09. The first-order valence-electron chi connectivity index (χ1n) is 7.48. The fraction of sp³-hybridized carbons (Fsp3) is 0.533. The van der Waals surface area contributed by atoms with E-state index >= 15 is 0 Å². The molecule has 22 heavy (non-hydrogen) atoms. The molecule has 0 bridgehead atoms. The molecule has 1 fully saturated rings. The van der Waals surface area contributed by atoms with Crippen molar-refractivity contribution in [3.8, 4) is 10.8 Å². The Morgan fingerprint density at radius 3 is 3.09 bits per heavy atom. The second kappa shape index (κ2) is 5.70. The molecule has 2 aliphatic rings. The lowest BCUT2D eigenvalue weighted by Gasteiger charge is -2.16. The Balaban J connectivity index is 1.53. The van der Waals surface area contributed by atoms with E-state index in [-0.39, 0.29) is 11.2 Å². The number of fused-ring (bicyclic) bond motifs is 1. The minimum atomic E-state index is -0.217. The second-order valence-electron chi connectivity index (χ2n) is 5.84. The van der Waals surface area contributed by atoms with Crippen LogP contribution in [0.2, 0.25) is 0 Å². The highest BCUT2D eigenvalue weighted by atomic mass is 32.2. The van der Waals surface area contributed by atoms with Gasteiger partial charge in [-0.25, -0.2) is 0 Å². The maximum Gasteiger partial charge on any atom is 0.319 e. The fourth-order valence-electron chi connectivity index (χ4n) is 2.87. The van der Waals surface area contributed by atoms with Gasteiger partial charge in [-0.3, -0.25) is 4.79 Å². The lowest BCUT2D eigenvalue weighted by molar-refractivity contribution is -0.137. The molecule has 0 spiro atoms. The highest BCUT2D eigenvalue weighted by Crippen LogP contribution is 2.38. The molecule has 0 aromatic carbocycles. The number of nitrogens with zero attached hydrogens (tertiary/aromatic N) is 2. The summed E-state index contributed by atoms with van der Waals surface area (Å²) in [5.74, 6) is 1.11. The highest BCUT2D eigenvalue weighted by Gasteiger charge is 2.30. The van der Waals surface area contributed by atoms with Crippen LogP contribution in [0.5, 0.6) is 0 Å². The summed E-state index contributed by atoms with van der Waals surface area (Å²) in [4.78, 5) is 14.0. The van der Waals surface area contributed by atoms with Gasteiger partial charge >= 0.3 is 5.97 Å². The van der Waals surface area contributed by atoms with Gasteiger partial charge in [0.25, 0.3) is 11.1 Å². The number of carbonyl (C=O) groups is 1. The van der Waals surface area contributed by atoms with Crippen molar-refractivity contribution >= 4 is 29.1 Å². The average Bonchev–Trinajstić information content (AvgIpc) is 3.19. The first-order chi connectivity index (χ1) is 10.7. The van der Waals surface area contributed by atoms with E-state index in [2.05, 4.69) is 23.2 Å². The van der Waals surface area contributed by atoms with Gasteiger partial charge in [0.15, 0.2) is 0 Å². The van der Waals surface area contributed by atoms with Crippen molar-refractivity contribution in [1.82, 2.24) is 10.2 Å². The van der Waals surface area contributed by atoms with Crippen LogP contribution in [-0.2, 0) is 22.4 Å². The number of hydrogen-bond acceptors (Lipinski definition) is 7. The smallest absolute Gasteiger partial charge is 0.319 e. The molecule has 0 N–H and O–H groups in total. The van der Waals surface area contributed by atoms with Crippen molar-refractivity contribution in [2.24, 2.45) is 5.92 Å². The molecule has 2 atom stereocenters. The molecule has 1 aliphatic heterocycles. The molecule has 7 heteroatoms. The topological polar surface area (TPSA) is 65.2 Å². The van der Waals surface area contributed by atoms with Crippen LogP contribution in [-0.4, -0.2) is 28.0 Å². The van der Waals surface area contributed by atoms with Crippen molar-refractivity contribution in [3.63, 3.8) is 0 Å². The van der Waals surface area contributed by atoms with Gasteiger partial charge in [0.2, 0.25) is 0 Å². The number of cyclic esters (lactones) is 1. The Morgan fingerprint density at radius 1 is 1.36 bits per heavy atom. The zero-order chi connectivity index (χ0) is 15.1. The fourth-order valence-corrected chi connectivity index (χ4v) is 4.84. The lowest BCUT2D eigenvalue weighted by atomic mass is 9.90. The second-order valence-corrected chi connectivity index (χ2v) is 8.13. The zero-order valence-electron chi connectivity index (χ0n) is 12.2. The number of thioether (sulfide) groups is 1. The molecule has 5 nitrogen and oxygen atoms in total. The largest absolute Gasteiger partial charge is 0.465 e. The normalized spacial score (nSPS) is 24.3. The molecule has 3 heterocycles. The molecule has 0 amide bonds. The third-order valence-corrected chi connectivity index (χ3v) is 6.38. The SMILES string of the molecule is C[C@H]1CCc2sc(-c3nnc(S[C@H]4CCOC4=O)o3)cc2C1. The summed E-state index contributed by atoms with van der Waals surface area (Å²) >= 11 is 3.05. The summed E-state index contributed by atoms with van der Waals surface area (Å²) in [6.45, 7) is 2.77. The number of carbonyl (C=O) groups excluding carboxylic acids is 1. The van der Waals surface area contributed by atoms with E-state index in [0.717, 1.165) is 23.6 Å². The van der Waals surface area contributed by atoms with Gasteiger partial charge in [-0.15, -0.1) is 21.5 Å². The monoisotopic (exact) mass is 336 g/mol. The Labute approximate surface area is 136 Å². The van der Waals surface area contributed by atoms with E-state index < -0.39 is 0 Å². The average molecular weight is 336 g/mol. The Hall–Kier alpha value is -1.34. The number of aromatic nitrogens is 2. The van der Waals surface area contributed by atoms with E-state index in [0.29, 0.717) is 24.1 Å². The summed E-state index contributed by atoms with van der Waals surface area (Å²) in [6.07, 6.45) is 4.23. The van der Waals surface area contributed by atoms with Crippen LogP contribution in [0.1, 0.15) is 30.2 Å². The summed E-state index contributed by atoms with van der Waals surface area (Å²) in [7, 11) is 0. The van der Waals surface area contributed by atoms with E-state index in [1.807, 2.05) is 0 Å². The van der Waals surface area contributed by atoms with Gasteiger partial charge in [-0.05, 0) is 48.6 Å². The molecule has 1 saturated heterocycles. The van der Waals surface area contributed by atoms with Crippen molar-refractivity contribution in [1.29, 1.82) is 0 Å². The third kappa shape index (κ3) is 2.67. The van der Waals surface area contributed by atoms with Gasteiger partial charge in [-0.2, -0.15) is 0 Å². The Bertz CT molecular complexity index is 709. The zero-order valence-corrected chi connectivity index (χ0v) is 13.8. The van der Waals surface area contributed by atoms with Crippen LogP contribution in [0.25, 0.3) is 10.8 Å². The molecule has 4 rings (SSSR count). The van der Waals surface area contributed by atoms with Crippen molar-refractivity contribution in [2.45, 2.75) is 43.1 Å². The number of hydrogen-bond donors (Lipinski definition) is 0. The van der Waals surface area contributed by atoms with Crippen LogP contribution in [0.15, 0.2) is 15.7 Å². The van der Waals surface area contributed by atoms with E-state index in [1.165, 1.54) is 28.6 Å². The van der Waals surface area contributed by atoms with E-state index in [9.17, 15) is 4.79 Å². The van der Waals surface area contributed by atoms with E-state index in [4.69, 9.17) is 9.15 Å². The number of aryl methyl sites for hydroxylation is 1. The molecule has 116 valence electrons. The predicted molar refractivity (Wildman–Crippen MR) is 84.0 cm³/mol. The highest BCUT2D eigenvalue weighted by molar-refractivity contribution is 8.00. The van der Waals surface area contributed by atoms with Crippen molar-refractivity contribution < 1.29 is 13.9 Å². The van der Waals surface area contributed by atoms with Gasteiger partial charge in [0.05, 0.1) is 11.5 Å². The molecule has 0 unspecified atom stereocenters. The van der Waals surface area contributed by atoms with Crippen molar-refractivity contribution in [3.05, 3.63) is 16.5 Å². The number of esters is 1. The van der Waals surface area contributed by atoms with E-state index in [1.54, 1.807) is 11.3 Å². The predicted octanol–water partition coefficient (Wildman–Crippen LogP) is 3.33. The summed E-state index contributed by atoms with van der Waals surface area (Å²) in [5, 5.41) is 8.42. The third-order valence-electron chi connectivity index (χ3n) is 4.08. The van der Waals surface area contributed by atoms with Gasteiger partial charge < -0.3 is 9.15 Å². The number of rotatable bonds is 3. The first-order valence-corrected chi connectivity index (χ1v) is 9.17. The summed E-state index contributed by atoms with van der Waals surface area (Å²) in [5.41, 5.74) is 1.42. The molecule has 0 radical (unpaired) electrons. The Morgan fingerprint density at radius 2 is 2.27 bits per heavy atom. The standard InChI is InChI=1S/C15H16N2O3S2/c1-8-2-3-10-9(6-8)7-12(21-10)13-16-17-15(20-13)22-11-4-5-19-14(11)18/h7-8,11H,2-6H2,1H3/t8-,11-/m0/s1. The maximum absolute atomic E-state index is 11.5. The van der Waals surface area contributed by atoms with Crippen LogP contribution < -0.4 is 0 Å². The molecule has 2 aromatic rings. The summed E-state index contributed by atoms with van der Waals surface area (Å²) < 4.78 is 10.7. The van der Waals surface area contributed by atoms with Gasteiger partial charge in [-0.1, -0.05) is 6.92 Å². The van der Waals surface area contributed by atoms with Crippen LogP contribution in [0.4, 0.5) is 0 Å². The van der Waals surface area contributed by atoms with Crippen molar-refractivity contribution in [2.75, 3.05) is 6.61 Å². The first kappa shape index (κ1) is 14.3. The van der Waals surface area contributed by atoms with Crippen LogP contribution in [0.3, 0.4) is 0 Å². The molecule has 0 saturated carbocycles. The molecular weight excluding hydrogens is 320 g/mol. The molecular formula is C15H16N2O3S2. The maximum atomic E-state index is 11.5. The molecule has 1 aliphatic carbocycles. The number of thiophene rings is 1. The van der Waals surface area contributed by atoms with Gasteiger partial charge in [0.1, 0.15) is 5.25 Å². The molecule has 2 aromatic heterocycles. The minimum absolute atomic E-state index is 0.190.